The lowest BCUT2D eigenvalue weighted by molar-refractivity contribution is -0.676. The number of anilines is 1. The molecule has 3 aromatic carbocycles. The molecule has 6 heteroatoms. The van der Waals surface area contributed by atoms with E-state index in [0.717, 1.165) is 11.1 Å². The molecule has 2 amide bonds. The largest absolute Gasteiger partial charge is 0.342 e. The van der Waals surface area contributed by atoms with Crippen LogP contribution in [-0.4, -0.2) is 24.9 Å². The van der Waals surface area contributed by atoms with Crippen LogP contribution >= 0.6 is 0 Å². The van der Waals surface area contributed by atoms with Crippen LogP contribution in [-0.2, 0) is 9.59 Å². The average Bonchev–Trinajstić information content (AvgIpc) is 2.76. The maximum absolute atomic E-state index is 12.9. The van der Waals surface area contributed by atoms with Crippen LogP contribution in [0.3, 0.4) is 0 Å². The van der Waals surface area contributed by atoms with E-state index in [1.165, 1.54) is 29.8 Å². The van der Waals surface area contributed by atoms with Gasteiger partial charge in [0, 0.05) is 16.8 Å². The van der Waals surface area contributed by atoms with Crippen molar-refractivity contribution in [3.8, 4) is 0 Å². The van der Waals surface area contributed by atoms with Gasteiger partial charge in [-0.15, -0.1) is 0 Å². The minimum atomic E-state index is -0.376. The molecule has 3 aromatic rings. The first kappa shape index (κ1) is 21.2. The van der Waals surface area contributed by atoms with Crippen LogP contribution in [0.2, 0.25) is 0 Å². The Kier molecular flexibility index (Phi) is 7.29. The normalized spacial score (nSPS) is 11.5. The van der Waals surface area contributed by atoms with Gasteiger partial charge < -0.3 is 16.0 Å². The summed E-state index contributed by atoms with van der Waals surface area (Å²) in [5.74, 6) is -0.983. The fourth-order valence-corrected chi connectivity index (χ4v) is 3.11. The van der Waals surface area contributed by atoms with Gasteiger partial charge in [0.1, 0.15) is 11.9 Å². The molecule has 0 heterocycles. The molecule has 0 saturated heterocycles. The molecule has 0 unspecified atom stereocenters. The summed E-state index contributed by atoms with van der Waals surface area (Å²) in [6.45, 7) is 2.07. The lowest BCUT2D eigenvalue weighted by atomic mass is 9.98. The number of carbonyl (C=O) groups is 2. The summed E-state index contributed by atoms with van der Waals surface area (Å²) in [5, 5.41) is 7.19. The maximum atomic E-state index is 12.9. The molecule has 4 N–H and O–H groups in total. The number of nitrogens with two attached hydrogens (primary N) is 1. The molecule has 0 fully saturated rings. The van der Waals surface area contributed by atoms with E-state index in [9.17, 15) is 14.0 Å². The molecular formula is C24H25FN3O2+. The Morgan fingerprint density at radius 3 is 2.17 bits per heavy atom. The van der Waals surface area contributed by atoms with E-state index in [2.05, 4.69) is 34.9 Å². The molecule has 0 saturated carbocycles. The van der Waals surface area contributed by atoms with Crippen molar-refractivity contribution in [2.45, 2.75) is 13.0 Å². The minimum Gasteiger partial charge on any atom is -0.342 e. The molecule has 0 aromatic heterocycles. The highest BCUT2D eigenvalue weighted by atomic mass is 19.1. The maximum Gasteiger partial charge on any atom is 0.275 e. The van der Waals surface area contributed by atoms with Crippen LogP contribution in [0.25, 0.3) is 0 Å². The van der Waals surface area contributed by atoms with Gasteiger partial charge in [0.25, 0.3) is 5.91 Å². The predicted octanol–water partition coefficient (Wildman–Crippen LogP) is 2.54. The molecule has 0 aliphatic carbocycles. The van der Waals surface area contributed by atoms with Crippen molar-refractivity contribution < 1.29 is 19.3 Å². The minimum absolute atomic E-state index is 0.0226. The van der Waals surface area contributed by atoms with Gasteiger partial charge in [-0.2, -0.15) is 0 Å². The van der Waals surface area contributed by atoms with E-state index in [1.54, 1.807) is 0 Å². The van der Waals surface area contributed by atoms with Gasteiger partial charge >= 0.3 is 0 Å². The van der Waals surface area contributed by atoms with Crippen molar-refractivity contribution in [3.63, 3.8) is 0 Å². The monoisotopic (exact) mass is 406 g/mol. The first-order chi connectivity index (χ1) is 14.5. The lowest BCUT2D eigenvalue weighted by Crippen LogP contribution is -2.87. The number of carbonyl (C=O) groups excluding carboxylic acids is 2. The molecule has 0 spiro atoms. The number of quaternary nitrogens is 1. The third-order valence-corrected chi connectivity index (χ3v) is 4.71. The number of nitrogens with one attached hydrogen (secondary N) is 2. The summed E-state index contributed by atoms with van der Waals surface area (Å²) < 4.78 is 12.9. The van der Waals surface area contributed by atoms with E-state index < -0.39 is 0 Å². The van der Waals surface area contributed by atoms with Gasteiger partial charge in [0.15, 0.2) is 6.54 Å². The highest BCUT2D eigenvalue weighted by molar-refractivity contribution is 5.94. The molecule has 5 nitrogen and oxygen atoms in total. The molecule has 0 radical (unpaired) electrons. The van der Waals surface area contributed by atoms with Gasteiger partial charge in [0.05, 0.1) is 6.54 Å². The zero-order valence-electron chi connectivity index (χ0n) is 16.8. The van der Waals surface area contributed by atoms with E-state index in [0.29, 0.717) is 5.69 Å². The summed E-state index contributed by atoms with van der Waals surface area (Å²) in [4.78, 5) is 24.3. The van der Waals surface area contributed by atoms with E-state index in [4.69, 9.17) is 0 Å². The van der Waals surface area contributed by atoms with Crippen molar-refractivity contribution in [1.82, 2.24) is 5.32 Å². The van der Waals surface area contributed by atoms with Crippen LogP contribution in [0.5, 0.6) is 0 Å². The predicted molar refractivity (Wildman–Crippen MR) is 114 cm³/mol. The molecule has 0 aliphatic heterocycles. The van der Waals surface area contributed by atoms with Crippen LogP contribution in [0.1, 0.15) is 22.7 Å². The second-order valence-electron chi connectivity index (χ2n) is 7.07. The van der Waals surface area contributed by atoms with E-state index in [1.807, 2.05) is 42.6 Å². The number of amides is 2. The number of hydrogen-bond acceptors (Lipinski definition) is 2. The Labute approximate surface area is 175 Å². The Morgan fingerprint density at radius 2 is 1.50 bits per heavy atom. The zero-order chi connectivity index (χ0) is 21.3. The van der Waals surface area contributed by atoms with Crippen molar-refractivity contribution in [1.29, 1.82) is 0 Å². The Hall–Kier alpha value is -3.51. The second kappa shape index (κ2) is 10.3. The summed E-state index contributed by atoms with van der Waals surface area (Å²) in [6.07, 6.45) is 0. The Balaban J connectivity index is 1.54. The molecule has 0 bridgehead atoms. The smallest absolute Gasteiger partial charge is 0.275 e. The van der Waals surface area contributed by atoms with Crippen LogP contribution < -0.4 is 16.0 Å². The number of aryl methyl sites for hydroxylation is 1. The fraction of sp³-hybridized carbons (Fsp3) is 0.167. The van der Waals surface area contributed by atoms with E-state index in [-0.39, 0.29) is 36.8 Å². The quantitative estimate of drug-likeness (QED) is 0.538. The van der Waals surface area contributed by atoms with Gasteiger partial charge in [-0.05, 0) is 31.2 Å². The van der Waals surface area contributed by atoms with Gasteiger partial charge in [-0.3, -0.25) is 9.59 Å². The topological polar surface area (TPSA) is 74.8 Å². The lowest BCUT2D eigenvalue weighted by Gasteiger charge is -2.17. The standard InChI is InChI=1S/C24H24FN3O2/c1-17-7-9-19(10-8-17)24(18-5-3-2-4-6-18)27-15-22(29)26-16-23(30)28-21-13-11-20(25)12-14-21/h2-14,24,27H,15-16H2,1H3,(H,26,29)(H,28,30)/p+1/t24-/m0/s1. The molecule has 154 valence electrons. The SMILES string of the molecule is Cc1ccc([C@@H]([NH2+]CC(=O)NCC(=O)Nc2ccc(F)cc2)c2ccccc2)cc1. The van der Waals surface area contributed by atoms with Gasteiger partial charge in [0.2, 0.25) is 5.91 Å². The molecular weight excluding hydrogens is 381 g/mol. The third kappa shape index (κ3) is 6.25. The average molecular weight is 406 g/mol. The van der Waals surface area contributed by atoms with Crippen LogP contribution in [0.15, 0.2) is 78.9 Å². The number of hydrogen-bond donors (Lipinski definition) is 3. The summed E-state index contributed by atoms with van der Waals surface area (Å²) in [5.41, 5.74) is 3.86. The highest BCUT2D eigenvalue weighted by Gasteiger charge is 2.19. The first-order valence-electron chi connectivity index (χ1n) is 9.78. The van der Waals surface area contributed by atoms with Crippen molar-refractivity contribution in [3.05, 3.63) is 101 Å². The Morgan fingerprint density at radius 1 is 0.867 bits per heavy atom. The van der Waals surface area contributed by atoms with Crippen molar-refractivity contribution >= 4 is 17.5 Å². The van der Waals surface area contributed by atoms with Crippen LogP contribution in [0, 0.1) is 12.7 Å². The molecule has 3 rings (SSSR count). The zero-order valence-corrected chi connectivity index (χ0v) is 16.8. The highest BCUT2D eigenvalue weighted by Crippen LogP contribution is 2.18. The molecule has 30 heavy (non-hydrogen) atoms. The van der Waals surface area contributed by atoms with E-state index >= 15 is 0 Å². The van der Waals surface area contributed by atoms with Gasteiger partial charge in [-0.1, -0.05) is 60.2 Å². The number of rotatable bonds is 8. The molecule has 1 atom stereocenters. The van der Waals surface area contributed by atoms with Crippen molar-refractivity contribution in [2.75, 3.05) is 18.4 Å². The van der Waals surface area contributed by atoms with Crippen LogP contribution in [0.4, 0.5) is 10.1 Å². The fourth-order valence-electron chi connectivity index (χ4n) is 3.11. The number of benzene rings is 3. The Bertz CT molecular complexity index is 974. The first-order valence-corrected chi connectivity index (χ1v) is 9.78. The summed E-state index contributed by atoms with van der Waals surface area (Å²) in [7, 11) is 0. The third-order valence-electron chi connectivity index (χ3n) is 4.71. The van der Waals surface area contributed by atoms with Gasteiger partial charge in [-0.25, -0.2) is 4.39 Å². The number of halogens is 1. The summed E-state index contributed by atoms with van der Waals surface area (Å²) >= 11 is 0. The summed E-state index contributed by atoms with van der Waals surface area (Å²) in [6, 6.07) is 23.7. The van der Waals surface area contributed by atoms with Crippen molar-refractivity contribution in [2.24, 2.45) is 0 Å². The second-order valence-corrected chi connectivity index (χ2v) is 7.07. The molecule has 0 aliphatic rings.